The minimum absolute atomic E-state index is 0.0275. The van der Waals surface area contributed by atoms with Crippen molar-refractivity contribution in [3.8, 4) is 5.75 Å². The first-order chi connectivity index (χ1) is 9.52. The maximum atomic E-state index is 12.5. The summed E-state index contributed by atoms with van der Waals surface area (Å²) in [5, 5.41) is 0. The Morgan fingerprint density at radius 2 is 2.05 bits per heavy atom. The maximum absolute atomic E-state index is 12.5. The van der Waals surface area contributed by atoms with E-state index >= 15 is 0 Å². The summed E-state index contributed by atoms with van der Waals surface area (Å²) in [7, 11) is 0. The number of rotatable bonds is 2. The Labute approximate surface area is 125 Å². The Morgan fingerprint density at radius 3 is 2.80 bits per heavy atom. The van der Waals surface area contributed by atoms with Gasteiger partial charge in [0, 0.05) is 27.7 Å². The van der Waals surface area contributed by atoms with E-state index in [1.165, 1.54) is 0 Å². The fraction of sp³-hybridized carbons (Fsp3) is 0.188. The molecule has 0 saturated carbocycles. The Balaban J connectivity index is 1.97. The topological polar surface area (TPSA) is 52.3 Å². The minimum Gasteiger partial charge on any atom is -0.490 e. The van der Waals surface area contributed by atoms with Crippen LogP contribution in [-0.4, -0.2) is 11.9 Å². The third-order valence-electron chi connectivity index (χ3n) is 3.34. The van der Waals surface area contributed by atoms with Crippen LogP contribution in [0.25, 0.3) is 0 Å². The molecule has 2 N–H and O–H groups in total. The number of nitrogens with two attached hydrogens (primary N) is 1. The highest BCUT2D eigenvalue weighted by Crippen LogP contribution is 2.30. The number of benzene rings is 2. The third-order valence-corrected chi connectivity index (χ3v) is 3.80. The third kappa shape index (κ3) is 2.43. The molecule has 3 rings (SSSR count). The molecule has 3 nitrogen and oxygen atoms in total. The van der Waals surface area contributed by atoms with Crippen LogP contribution in [0.2, 0.25) is 0 Å². The molecule has 2 aromatic carbocycles. The molecule has 1 aliphatic rings. The van der Waals surface area contributed by atoms with Gasteiger partial charge in [-0.3, -0.25) is 4.79 Å². The molecular weight excluding hydrogens is 318 g/mol. The van der Waals surface area contributed by atoms with E-state index in [1.807, 2.05) is 19.1 Å². The summed E-state index contributed by atoms with van der Waals surface area (Å²) < 4.78 is 6.45. The number of carbonyl (C=O) groups is 1. The second kappa shape index (κ2) is 4.94. The maximum Gasteiger partial charge on any atom is 0.193 e. The molecule has 1 heterocycles. The Bertz CT molecular complexity index is 677. The number of ether oxygens (including phenoxy) is 1. The van der Waals surface area contributed by atoms with E-state index in [1.54, 1.807) is 24.3 Å². The van der Waals surface area contributed by atoms with Crippen molar-refractivity contribution >= 4 is 27.4 Å². The normalized spacial score (nSPS) is 16.6. The van der Waals surface area contributed by atoms with Crippen molar-refractivity contribution < 1.29 is 9.53 Å². The minimum atomic E-state index is -0.0275. The number of fused-ring (bicyclic) bond motifs is 1. The number of ketones is 1. The molecule has 0 fully saturated rings. The van der Waals surface area contributed by atoms with Gasteiger partial charge >= 0.3 is 0 Å². The largest absolute Gasteiger partial charge is 0.490 e. The molecular formula is C16H14BrNO2. The van der Waals surface area contributed by atoms with Gasteiger partial charge in [-0.15, -0.1) is 0 Å². The van der Waals surface area contributed by atoms with Gasteiger partial charge in [0.1, 0.15) is 11.9 Å². The van der Waals surface area contributed by atoms with Crippen LogP contribution >= 0.6 is 15.9 Å². The lowest BCUT2D eigenvalue weighted by molar-refractivity contribution is 0.103. The monoisotopic (exact) mass is 331 g/mol. The zero-order chi connectivity index (χ0) is 14.3. The Morgan fingerprint density at radius 1 is 1.25 bits per heavy atom. The average molecular weight is 332 g/mol. The molecule has 1 aliphatic heterocycles. The highest BCUT2D eigenvalue weighted by atomic mass is 79.9. The Kier molecular flexibility index (Phi) is 3.26. The fourth-order valence-electron chi connectivity index (χ4n) is 2.47. The van der Waals surface area contributed by atoms with Crippen LogP contribution in [0.4, 0.5) is 5.69 Å². The van der Waals surface area contributed by atoms with Crippen molar-refractivity contribution in [1.29, 1.82) is 0 Å². The van der Waals surface area contributed by atoms with Gasteiger partial charge in [0.25, 0.3) is 0 Å². The van der Waals surface area contributed by atoms with Crippen molar-refractivity contribution in [3.05, 3.63) is 57.6 Å². The molecule has 1 unspecified atom stereocenters. The van der Waals surface area contributed by atoms with Crippen molar-refractivity contribution in [2.24, 2.45) is 0 Å². The van der Waals surface area contributed by atoms with Crippen LogP contribution < -0.4 is 10.5 Å². The quantitative estimate of drug-likeness (QED) is 0.675. The van der Waals surface area contributed by atoms with Gasteiger partial charge in [-0.25, -0.2) is 0 Å². The van der Waals surface area contributed by atoms with Crippen LogP contribution in [-0.2, 0) is 6.42 Å². The number of anilines is 1. The first kappa shape index (κ1) is 13.2. The van der Waals surface area contributed by atoms with Gasteiger partial charge in [-0.1, -0.05) is 15.9 Å². The smallest absolute Gasteiger partial charge is 0.193 e. The first-order valence-corrected chi connectivity index (χ1v) is 7.22. The molecule has 0 spiro atoms. The van der Waals surface area contributed by atoms with Crippen molar-refractivity contribution in [2.75, 3.05) is 5.73 Å². The van der Waals surface area contributed by atoms with E-state index in [4.69, 9.17) is 10.5 Å². The summed E-state index contributed by atoms with van der Waals surface area (Å²) in [5.41, 5.74) is 8.69. The molecule has 2 aromatic rings. The first-order valence-electron chi connectivity index (χ1n) is 6.43. The van der Waals surface area contributed by atoms with Gasteiger partial charge < -0.3 is 10.5 Å². The van der Waals surface area contributed by atoms with E-state index in [9.17, 15) is 4.79 Å². The molecule has 1 atom stereocenters. The van der Waals surface area contributed by atoms with E-state index in [2.05, 4.69) is 15.9 Å². The zero-order valence-corrected chi connectivity index (χ0v) is 12.6. The van der Waals surface area contributed by atoms with Crippen LogP contribution in [0.5, 0.6) is 5.75 Å². The molecule has 0 bridgehead atoms. The molecule has 0 radical (unpaired) electrons. The molecule has 20 heavy (non-hydrogen) atoms. The predicted octanol–water partition coefficient (Wildman–Crippen LogP) is 3.59. The molecule has 0 saturated heterocycles. The van der Waals surface area contributed by atoms with E-state index < -0.39 is 0 Å². The lowest BCUT2D eigenvalue weighted by Gasteiger charge is -2.06. The summed E-state index contributed by atoms with van der Waals surface area (Å²) in [5.74, 6) is 0.850. The highest BCUT2D eigenvalue weighted by molar-refractivity contribution is 9.10. The second-order valence-corrected chi connectivity index (χ2v) is 5.97. The van der Waals surface area contributed by atoms with Gasteiger partial charge in [0.2, 0.25) is 0 Å². The zero-order valence-electron chi connectivity index (χ0n) is 11.0. The molecule has 0 amide bonds. The fourth-order valence-corrected chi connectivity index (χ4v) is 2.98. The summed E-state index contributed by atoms with van der Waals surface area (Å²) in [6.45, 7) is 2.02. The predicted molar refractivity (Wildman–Crippen MR) is 82.2 cm³/mol. The summed E-state index contributed by atoms with van der Waals surface area (Å²) in [6, 6.07) is 10.8. The highest BCUT2D eigenvalue weighted by Gasteiger charge is 2.21. The molecule has 0 aromatic heterocycles. The van der Waals surface area contributed by atoms with Gasteiger partial charge in [-0.05, 0) is 48.9 Å². The Hall–Kier alpha value is -1.81. The number of carbonyl (C=O) groups excluding carboxylic acids is 1. The molecule has 0 aliphatic carbocycles. The SMILES string of the molecule is CC1Cc2cc(C(=O)c3cc(N)cc(Br)c3)ccc2O1. The van der Waals surface area contributed by atoms with Gasteiger partial charge in [-0.2, -0.15) is 0 Å². The van der Waals surface area contributed by atoms with Crippen molar-refractivity contribution in [1.82, 2.24) is 0 Å². The number of nitrogen functional groups attached to an aromatic ring is 1. The summed E-state index contributed by atoms with van der Waals surface area (Å²) >= 11 is 3.36. The molecule has 4 heteroatoms. The van der Waals surface area contributed by atoms with Crippen LogP contribution in [0.15, 0.2) is 40.9 Å². The number of halogens is 1. The second-order valence-electron chi connectivity index (χ2n) is 5.06. The van der Waals surface area contributed by atoms with E-state index in [-0.39, 0.29) is 11.9 Å². The number of hydrogen-bond acceptors (Lipinski definition) is 3. The lowest BCUT2D eigenvalue weighted by Crippen LogP contribution is -2.05. The molecule has 102 valence electrons. The van der Waals surface area contributed by atoms with Crippen molar-refractivity contribution in [3.63, 3.8) is 0 Å². The summed E-state index contributed by atoms with van der Waals surface area (Å²) in [6.07, 6.45) is 1.02. The van der Waals surface area contributed by atoms with Crippen LogP contribution in [0, 0.1) is 0 Å². The number of hydrogen-bond donors (Lipinski definition) is 1. The van der Waals surface area contributed by atoms with Crippen molar-refractivity contribution in [2.45, 2.75) is 19.4 Å². The lowest BCUT2D eigenvalue weighted by atomic mass is 9.99. The van der Waals surface area contributed by atoms with E-state index in [0.717, 1.165) is 22.2 Å². The van der Waals surface area contributed by atoms with Crippen LogP contribution in [0.1, 0.15) is 28.4 Å². The van der Waals surface area contributed by atoms with Gasteiger partial charge in [0.15, 0.2) is 5.78 Å². The van der Waals surface area contributed by atoms with Gasteiger partial charge in [0.05, 0.1) is 0 Å². The van der Waals surface area contributed by atoms with E-state index in [0.29, 0.717) is 16.8 Å². The summed E-state index contributed by atoms with van der Waals surface area (Å²) in [4.78, 5) is 12.5. The standard InChI is InChI=1S/C16H14BrNO2/c1-9-4-11-5-10(2-3-15(11)20-9)16(19)12-6-13(17)8-14(18)7-12/h2-3,5-9H,4,18H2,1H3. The van der Waals surface area contributed by atoms with Crippen LogP contribution in [0.3, 0.4) is 0 Å². The average Bonchev–Trinajstić information content (AvgIpc) is 2.75.